The Bertz CT molecular complexity index is 493. The Balaban J connectivity index is 1.66. The van der Waals surface area contributed by atoms with E-state index >= 15 is 0 Å². The number of thiophene rings is 1. The molecule has 0 aliphatic carbocycles. The van der Waals surface area contributed by atoms with Crippen LogP contribution in [0.1, 0.15) is 30.9 Å². The highest BCUT2D eigenvalue weighted by molar-refractivity contribution is 7.07. The van der Waals surface area contributed by atoms with E-state index in [1.54, 1.807) is 11.3 Å². The molecule has 0 atom stereocenters. The zero-order valence-corrected chi connectivity index (χ0v) is 13.1. The normalized spacial score (nSPS) is 10.9. The lowest BCUT2D eigenvalue weighted by molar-refractivity contribution is 0.310. The van der Waals surface area contributed by atoms with Crippen molar-refractivity contribution >= 4 is 11.3 Å². The summed E-state index contributed by atoms with van der Waals surface area (Å²) < 4.78 is 5.88. The maximum atomic E-state index is 5.88. The van der Waals surface area contributed by atoms with Crippen molar-refractivity contribution in [3.63, 3.8) is 0 Å². The van der Waals surface area contributed by atoms with Gasteiger partial charge in [0.2, 0.25) is 0 Å². The molecule has 108 valence electrons. The molecule has 0 radical (unpaired) electrons. The molecule has 0 spiro atoms. The molecule has 2 rings (SSSR count). The first-order valence-corrected chi connectivity index (χ1v) is 8.15. The molecule has 0 amide bonds. The van der Waals surface area contributed by atoms with Gasteiger partial charge >= 0.3 is 0 Å². The second kappa shape index (κ2) is 8.08. The first kappa shape index (κ1) is 15.1. The van der Waals surface area contributed by atoms with Crippen molar-refractivity contribution in [1.82, 2.24) is 5.32 Å². The minimum atomic E-state index is 0.498. The Labute approximate surface area is 125 Å². The third-order valence-corrected chi connectivity index (χ3v) is 3.98. The van der Waals surface area contributed by atoms with Crippen LogP contribution in [-0.2, 0) is 6.42 Å². The average molecular weight is 289 g/mol. The van der Waals surface area contributed by atoms with Crippen molar-refractivity contribution in [2.75, 3.05) is 19.7 Å². The van der Waals surface area contributed by atoms with Crippen LogP contribution in [0.15, 0.2) is 41.1 Å². The van der Waals surface area contributed by atoms with Gasteiger partial charge in [-0.05, 0) is 52.9 Å². The fraction of sp³-hybridized carbons (Fsp3) is 0.412. The van der Waals surface area contributed by atoms with Crippen LogP contribution in [0.3, 0.4) is 0 Å². The van der Waals surface area contributed by atoms with Crippen LogP contribution in [0.5, 0.6) is 5.75 Å². The van der Waals surface area contributed by atoms with Crippen molar-refractivity contribution in [3.05, 3.63) is 52.2 Å². The molecule has 0 saturated carbocycles. The van der Waals surface area contributed by atoms with Crippen molar-refractivity contribution in [2.45, 2.75) is 26.2 Å². The highest BCUT2D eigenvalue weighted by Crippen LogP contribution is 2.25. The summed E-state index contributed by atoms with van der Waals surface area (Å²) >= 11 is 1.76. The molecule has 20 heavy (non-hydrogen) atoms. The molecular formula is C17H23NOS. The van der Waals surface area contributed by atoms with Gasteiger partial charge in [0.05, 0.1) is 0 Å². The summed E-state index contributed by atoms with van der Waals surface area (Å²) in [5, 5.41) is 7.75. The molecule has 1 heterocycles. The SMILES string of the molecule is CC(C)c1ccccc1OCCNCCc1ccsc1. The van der Waals surface area contributed by atoms with Crippen molar-refractivity contribution < 1.29 is 4.74 Å². The van der Waals surface area contributed by atoms with Gasteiger partial charge in [-0.3, -0.25) is 0 Å². The third-order valence-electron chi connectivity index (χ3n) is 3.25. The van der Waals surface area contributed by atoms with E-state index in [0.29, 0.717) is 12.5 Å². The molecule has 0 fully saturated rings. The molecule has 0 bridgehead atoms. The fourth-order valence-corrected chi connectivity index (χ4v) is 2.82. The Morgan fingerprint density at radius 3 is 2.75 bits per heavy atom. The number of hydrogen-bond acceptors (Lipinski definition) is 3. The summed E-state index contributed by atoms with van der Waals surface area (Å²) in [4.78, 5) is 0. The van der Waals surface area contributed by atoms with E-state index in [9.17, 15) is 0 Å². The lowest BCUT2D eigenvalue weighted by Gasteiger charge is -2.14. The van der Waals surface area contributed by atoms with Crippen molar-refractivity contribution in [1.29, 1.82) is 0 Å². The van der Waals surface area contributed by atoms with Crippen LogP contribution in [0.4, 0.5) is 0 Å². The van der Waals surface area contributed by atoms with Gasteiger partial charge in [-0.1, -0.05) is 32.0 Å². The Kier molecular flexibility index (Phi) is 6.09. The zero-order valence-electron chi connectivity index (χ0n) is 12.3. The molecular weight excluding hydrogens is 266 g/mol. The van der Waals surface area contributed by atoms with E-state index in [4.69, 9.17) is 4.74 Å². The monoisotopic (exact) mass is 289 g/mol. The van der Waals surface area contributed by atoms with E-state index < -0.39 is 0 Å². The molecule has 1 aromatic carbocycles. The van der Waals surface area contributed by atoms with Crippen LogP contribution in [0.25, 0.3) is 0 Å². The number of para-hydroxylation sites is 1. The Hall–Kier alpha value is -1.32. The maximum Gasteiger partial charge on any atom is 0.122 e. The largest absolute Gasteiger partial charge is 0.492 e. The minimum absolute atomic E-state index is 0.498. The Morgan fingerprint density at radius 2 is 2.00 bits per heavy atom. The standard InChI is InChI=1S/C17H23NOS/c1-14(2)16-5-3-4-6-17(16)19-11-10-18-9-7-15-8-12-20-13-15/h3-6,8,12-14,18H,7,9-11H2,1-2H3. The molecule has 0 aliphatic heterocycles. The maximum absolute atomic E-state index is 5.88. The summed E-state index contributed by atoms with van der Waals surface area (Å²) in [7, 11) is 0. The smallest absolute Gasteiger partial charge is 0.122 e. The van der Waals surface area contributed by atoms with Crippen LogP contribution in [0.2, 0.25) is 0 Å². The third kappa shape index (κ3) is 4.66. The molecule has 3 heteroatoms. The predicted molar refractivity (Wildman–Crippen MR) is 86.9 cm³/mol. The molecule has 0 aliphatic rings. The van der Waals surface area contributed by atoms with Gasteiger partial charge in [-0.2, -0.15) is 11.3 Å². The molecule has 0 saturated heterocycles. The second-order valence-electron chi connectivity index (χ2n) is 5.17. The van der Waals surface area contributed by atoms with E-state index in [-0.39, 0.29) is 0 Å². The molecule has 0 unspecified atom stereocenters. The summed E-state index contributed by atoms with van der Waals surface area (Å²) in [6.07, 6.45) is 1.09. The number of nitrogens with one attached hydrogen (secondary N) is 1. The van der Waals surface area contributed by atoms with Crippen LogP contribution >= 0.6 is 11.3 Å². The average Bonchev–Trinajstić information content (AvgIpc) is 2.96. The quantitative estimate of drug-likeness (QED) is 0.739. The Morgan fingerprint density at radius 1 is 1.15 bits per heavy atom. The first-order chi connectivity index (χ1) is 9.77. The van der Waals surface area contributed by atoms with Gasteiger partial charge < -0.3 is 10.1 Å². The number of benzene rings is 1. The lowest BCUT2D eigenvalue weighted by atomic mass is 10.0. The number of ether oxygens (including phenoxy) is 1. The number of rotatable bonds is 8. The minimum Gasteiger partial charge on any atom is -0.492 e. The topological polar surface area (TPSA) is 21.3 Å². The van der Waals surface area contributed by atoms with Crippen LogP contribution in [0, 0.1) is 0 Å². The van der Waals surface area contributed by atoms with Gasteiger partial charge in [0, 0.05) is 6.54 Å². The lowest BCUT2D eigenvalue weighted by Crippen LogP contribution is -2.23. The second-order valence-corrected chi connectivity index (χ2v) is 5.95. The van der Waals surface area contributed by atoms with Gasteiger partial charge in [-0.15, -0.1) is 0 Å². The first-order valence-electron chi connectivity index (χ1n) is 7.21. The van der Waals surface area contributed by atoms with Gasteiger partial charge in [0.25, 0.3) is 0 Å². The zero-order chi connectivity index (χ0) is 14.2. The summed E-state index contributed by atoms with van der Waals surface area (Å²) in [5.74, 6) is 1.51. The van der Waals surface area contributed by atoms with Crippen LogP contribution < -0.4 is 10.1 Å². The van der Waals surface area contributed by atoms with E-state index in [2.05, 4.69) is 54.2 Å². The molecule has 1 N–H and O–H groups in total. The highest BCUT2D eigenvalue weighted by Gasteiger charge is 2.06. The van der Waals surface area contributed by atoms with Crippen molar-refractivity contribution in [2.24, 2.45) is 0 Å². The molecule has 1 aromatic heterocycles. The number of hydrogen-bond donors (Lipinski definition) is 1. The molecule has 2 aromatic rings. The van der Waals surface area contributed by atoms with E-state index in [1.807, 2.05) is 6.07 Å². The summed E-state index contributed by atoms with van der Waals surface area (Å²) in [5.41, 5.74) is 2.69. The highest BCUT2D eigenvalue weighted by atomic mass is 32.1. The van der Waals surface area contributed by atoms with Gasteiger partial charge in [0.15, 0.2) is 0 Å². The van der Waals surface area contributed by atoms with Gasteiger partial charge in [0.1, 0.15) is 12.4 Å². The van der Waals surface area contributed by atoms with E-state index in [0.717, 1.165) is 25.3 Å². The van der Waals surface area contributed by atoms with E-state index in [1.165, 1.54) is 11.1 Å². The van der Waals surface area contributed by atoms with Crippen molar-refractivity contribution in [3.8, 4) is 5.75 Å². The van der Waals surface area contributed by atoms with Gasteiger partial charge in [-0.25, -0.2) is 0 Å². The molecule has 2 nitrogen and oxygen atoms in total. The van der Waals surface area contributed by atoms with Crippen LogP contribution in [-0.4, -0.2) is 19.7 Å². The summed E-state index contributed by atoms with van der Waals surface area (Å²) in [6, 6.07) is 10.5. The summed E-state index contributed by atoms with van der Waals surface area (Å²) in [6.45, 7) is 7.00. The predicted octanol–water partition coefficient (Wildman–Crippen LogP) is 4.08. The fourth-order valence-electron chi connectivity index (χ4n) is 2.11.